The summed E-state index contributed by atoms with van der Waals surface area (Å²) in [4.78, 5) is 11.1. The zero-order valence-electron chi connectivity index (χ0n) is 23.5. The number of ether oxygens (including phenoxy) is 5. The van der Waals surface area contributed by atoms with Crippen LogP contribution >= 0.6 is 0 Å². The van der Waals surface area contributed by atoms with E-state index >= 15 is 0 Å². The number of unbranched alkanes of at least 4 members (excludes halogenated alkanes) is 5. The summed E-state index contributed by atoms with van der Waals surface area (Å²) >= 11 is 0. The van der Waals surface area contributed by atoms with Gasteiger partial charge in [0.05, 0.1) is 26.4 Å². The van der Waals surface area contributed by atoms with Crippen molar-refractivity contribution >= 4 is 5.97 Å². The van der Waals surface area contributed by atoms with E-state index in [2.05, 4.69) is 4.74 Å². The van der Waals surface area contributed by atoms with Crippen molar-refractivity contribution in [1.29, 1.82) is 0 Å². The monoisotopic (exact) mass is 1870 g/mol. The fourth-order valence-electron chi connectivity index (χ4n) is 4.12. The topological polar surface area (TPSA) is 211 Å². The molecule has 2 aliphatic heterocycles. The maximum absolute atomic E-state index is 11.1. The molecular weight excluding hydrogens is 1830 g/mol. The third-order valence-electron chi connectivity index (χ3n) is 6.32. The molecule has 19 heteroatoms. The van der Waals surface area contributed by atoms with Gasteiger partial charge in [-0.25, -0.2) is 0 Å². The normalized spacial score (nSPS) is 32.3. The van der Waals surface area contributed by atoms with Crippen LogP contribution in [-0.2, 0) is 28.5 Å². The minimum Gasteiger partial charge on any atom is -0.469 e. The van der Waals surface area contributed by atoms with Crippen molar-refractivity contribution in [3.05, 3.63) is 0 Å². The molecule has 8 N–H and O–H groups in total. The van der Waals surface area contributed by atoms with Crippen molar-refractivity contribution in [2.45, 2.75) is 106 Å². The Morgan fingerprint density at radius 3 is 1.73 bits per heavy atom. The molecule has 10 atom stereocenters. The number of carbonyl (C=O) groups excluding carboxylic acids is 1. The zero-order chi connectivity index (χ0) is 26.0. The van der Waals surface area contributed by atoms with Crippen LogP contribution in [0.4, 0.5) is 0 Å². The number of carbonyl (C=O) groups is 1. The van der Waals surface area contributed by atoms with Crippen molar-refractivity contribution in [3.63, 3.8) is 0 Å². The van der Waals surface area contributed by atoms with Gasteiger partial charge in [-0.2, -0.15) is 0 Å². The molecular formula is C22H41Ac6NO12. The molecule has 6 unspecified atom stereocenters. The average molecular weight is 1870 g/mol. The summed E-state index contributed by atoms with van der Waals surface area (Å²) in [7, 11) is 1.37. The number of aliphatic hydroxyl groups is 6. The van der Waals surface area contributed by atoms with Gasteiger partial charge in [0.15, 0.2) is 12.6 Å². The molecule has 2 saturated heterocycles. The van der Waals surface area contributed by atoms with Crippen LogP contribution in [0.5, 0.6) is 0 Å². The predicted molar refractivity (Wildman–Crippen MR) is 119 cm³/mol. The summed E-state index contributed by atoms with van der Waals surface area (Å²) in [6.45, 7) is -0.876. The molecule has 2 aliphatic rings. The summed E-state index contributed by atoms with van der Waals surface area (Å²) in [6.07, 6.45) is -6.61. The van der Waals surface area contributed by atoms with Crippen LogP contribution < -0.4 is 5.73 Å². The van der Waals surface area contributed by atoms with Crippen molar-refractivity contribution in [1.82, 2.24) is 0 Å². The van der Waals surface area contributed by atoms with Crippen LogP contribution in [0.2, 0.25) is 0 Å². The molecule has 0 aromatic heterocycles. The van der Waals surface area contributed by atoms with Gasteiger partial charge in [0.25, 0.3) is 0 Å². The first-order valence-electron chi connectivity index (χ1n) is 12.1. The largest absolute Gasteiger partial charge is 0.469 e. The number of aliphatic hydroxyl groups excluding tert-OH is 6. The predicted octanol–water partition coefficient (Wildman–Crippen LogP) is -2.50. The molecule has 2 fully saturated rings. The number of rotatable bonds is 14. The quantitative estimate of drug-likeness (QED) is 0.0710. The van der Waals surface area contributed by atoms with E-state index < -0.39 is 74.6 Å². The van der Waals surface area contributed by atoms with Gasteiger partial charge in [0.1, 0.15) is 42.7 Å². The van der Waals surface area contributed by atoms with Crippen molar-refractivity contribution in [3.8, 4) is 0 Å². The summed E-state index contributed by atoms with van der Waals surface area (Å²) in [5.41, 5.74) is 6.20. The zero-order valence-corrected chi connectivity index (χ0v) is 52.0. The number of hydrogen-bond acceptors (Lipinski definition) is 13. The molecule has 41 heavy (non-hydrogen) atoms. The van der Waals surface area contributed by atoms with Crippen molar-refractivity contribution in [2.24, 2.45) is 5.73 Å². The van der Waals surface area contributed by atoms with Crippen molar-refractivity contribution in [2.75, 3.05) is 26.9 Å². The van der Waals surface area contributed by atoms with E-state index in [9.17, 15) is 35.4 Å². The second-order valence-electron chi connectivity index (χ2n) is 8.91. The fourth-order valence-corrected chi connectivity index (χ4v) is 4.12. The summed E-state index contributed by atoms with van der Waals surface area (Å²) < 4.78 is 26.9. The third-order valence-corrected chi connectivity index (χ3v) is 6.32. The molecule has 6 radical (unpaired) electrons. The van der Waals surface area contributed by atoms with Gasteiger partial charge < -0.3 is 60.1 Å². The van der Waals surface area contributed by atoms with Crippen LogP contribution in [0, 0.1) is 264 Å². The summed E-state index contributed by atoms with van der Waals surface area (Å²) in [6, 6.07) is -1.03. The molecule has 2 heterocycles. The van der Waals surface area contributed by atoms with Crippen LogP contribution in [-0.4, -0.2) is 125 Å². The van der Waals surface area contributed by atoms with E-state index in [0.29, 0.717) is 19.4 Å². The molecule has 2 rings (SSSR count). The number of methoxy groups -OCH3 is 1. The van der Waals surface area contributed by atoms with Crippen LogP contribution in [0.1, 0.15) is 44.9 Å². The number of nitrogens with two attached hydrogens (primary N) is 1. The first kappa shape index (κ1) is 58.0. The van der Waals surface area contributed by atoms with Crippen LogP contribution in [0.3, 0.4) is 0 Å². The van der Waals surface area contributed by atoms with Gasteiger partial charge in [-0.05, 0) is 12.8 Å². The molecule has 0 aromatic rings. The standard InChI is InChI=1S/C22H41NO12.6Ac/c1-31-14(26)8-6-4-2-3-5-7-9-32-21-15(23)20(17(28)13(11-25)33-21)35-22-19(30)18(29)16(27)12(10-24)34-22;;;;;;/h12-13,15-22,24-25,27-30H,2-11,23H2,1H3;;;;;;/t12?,13?,15?,16-,17+,18?,19?,20?,21+,22-;;;;;;/m0....../s1. The Hall–Kier alpha value is 7.68. The fraction of sp³-hybridized carbons (Fsp3) is 0.955. The Morgan fingerprint density at radius 2 is 1.20 bits per heavy atom. The molecule has 0 bridgehead atoms. The molecule has 0 amide bonds. The maximum Gasteiger partial charge on any atom is 0.305 e. The van der Waals surface area contributed by atoms with Gasteiger partial charge in [0.2, 0.25) is 0 Å². The first-order chi connectivity index (χ1) is 16.7. The Kier molecular flexibility index (Phi) is 47.4. The molecule has 224 valence electrons. The average Bonchev–Trinajstić information content (AvgIpc) is 2.86. The van der Waals surface area contributed by atoms with Crippen LogP contribution in [0.15, 0.2) is 0 Å². The van der Waals surface area contributed by atoms with Crippen molar-refractivity contribution < 1.29 is 323 Å². The molecule has 0 saturated carbocycles. The third kappa shape index (κ3) is 20.5. The summed E-state index contributed by atoms with van der Waals surface area (Å²) in [5, 5.41) is 59.7. The van der Waals surface area contributed by atoms with Crippen LogP contribution in [0.25, 0.3) is 0 Å². The molecule has 0 spiro atoms. The van der Waals surface area contributed by atoms with Gasteiger partial charge >= 0.3 is 5.97 Å². The Balaban J connectivity index is -0.000000720. The molecule has 0 aromatic carbocycles. The minimum absolute atomic E-state index is 0. The van der Waals surface area contributed by atoms with Gasteiger partial charge in [-0.15, -0.1) is 0 Å². The van der Waals surface area contributed by atoms with Gasteiger partial charge in [-0.3, -0.25) is 4.79 Å². The molecule has 13 nitrogen and oxygen atoms in total. The van der Waals surface area contributed by atoms with Gasteiger partial charge in [0, 0.05) is 277 Å². The minimum atomic E-state index is -1.67. The van der Waals surface area contributed by atoms with E-state index in [1.165, 1.54) is 7.11 Å². The number of esters is 1. The number of hydrogen-bond donors (Lipinski definition) is 7. The Morgan fingerprint density at radius 1 is 0.707 bits per heavy atom. The first-order valence-corrected chi connectivity index (χ1v) is 12.1. The van der Waals surface area contributed by atoms with Gasteiger partial charge in [-0.1, -0.05) is 25.7 Å². The second kappa shape index (κ2) is 33.5. The SMILES string of the molecule is COC(=O)CCCCCCCCO[C@@H]1OC(CO)[C@@H](O)C(O[C@@H]2OC(CO)[C@H](O)C(O)C2O)C1N.[Ac].[Ac].[Ac].[Ac].[Ac].[Ac]. The Bertz CT molecular complexity index is 636. The Labute approximate surface area is 457 Å². The molecule has 0 aliphatic carbocycles. The van der Waals surface area contributed by atoms with E-state index in [-0.39, 0.29) is 270 Å². The maximum atomic E-state index is 11.1. The smallest absolute Gasteiger partial charge is 0.305 e. The van der Waals surface area contributed by atoms with E-state index in [1.807, 2.05) is 0 Å². The van der Waals surface area contributed by atoms with E-state index in [1.54, 1.807) is 0 Å². The summed E-state index contributed by atoms with van der Waals surface area (Å²) in [5.74, 6) is -0.206. The van der Waals surface area contributed by atoms with E-state index in [4.69, 9.17) is 24.7 Å². The second-order valence-corrected chi connectivity index (χ2v) is 8.91. The van der Waals surface area contributed by atoms with E-state index in [0.717, 1.165) is 32.1 Å².